The van der Waals surface area contributed by atoms with Gasteiger partial charge in [-0.05, 0) is 31.5 Å². The van der Waals surface area contributed by atoms with Gasteiger partial charge in [0.2, 0.25) is 0 Å². The maximum atomic E-state index is 11.2. The minimum absolute atomic E-state index is 0.674. The molecule has 0 bridgehead atoms. The minimum atomic E-state index is -1.66. The van der Waals surface area contributed by atoms with E-state index in [-0.39, 0.29) is 0 Å². The number of carboxylic acid groups (broad SMARTS) is 2. The highest BCUT2D eigenvalue weighted by Gasteiger charge is 2.31. The molecule has 2 rings (SSSR count). The molecule has 20 heavy (non-hydrogen) atoms. The molecule has 0 N–H and O–H groups in total. The van der Waals surface area contributed by atoms with Crippen molar-refractivity contribution in [3.63, 3.8) is 0 Å². The van der Waals surface area contributed by atoms with Crippen molar-refractivity contribution >= 4 is 11.9 Å². The lowest BCUT2D eigenvalue weighted by Gasteiger charge is -2.40. The molecule has 1 aromatic carbocycles. The molecule has 1 unspecified atom stereocenters. The summed E-state index contributed by atoms with van der Waals surface area (Å²) in [7, 11) is 0. The van der Waals surface area contributed by atoms with E-state index in [1.807, 2.05) is 11.0 Å². The van der Waals surface area contributed by atoms with E-state index < -0.39 is 23.9 Å². The molecule has 1 aliphatic heterocycles. The fourth-order valence-corrected chi connectivity index (χ4v) is 2.81. The van der Waals surface area contributed by atoms with Crippen LogP contribution in [0.15, 0.2) is 30.3 Å². The summed E-state index contributed by atoms with van der Waals surface area (Å²) in [4.78, 5) is 24.4. The van der Waals surface area contributed by atoms with Gasteiger partial charge in [-0.3, -0.25) is 4.90 Å². The molecule has 0 aromatic heterocycles. The van der Waals surface area contributed by atoms with E-state index in [1.54, 1.807) is 24.3 Å². The van der Waals surface area contributed by atoms with Gasteiger partial charge in [0.25, 0.3) is 0 Å². The number of carbonyl (C=O) groups excluding carboxylic acids is 2. The Balaban J connectivity index is 2.37. The van der Waals surface area contributed by atoms with E-state index in [2.05, 4.69) is 0 Å². The number of likely N-dealkylation sites (tertiary alicyclic amines) is 1. The number of hydrogen-bond donors (Lipinski definition) is 0. The molecule has 0 saturated carbocycles. The van der Waals surface area contributed by atoms with E-state index in [9.17, 15) is 19.8 Å². The highest BCUT2D eigenvalue weighted by Crippen LogP contribution is 2.31. The summed E-state index contributed by atoms with van der Waals surface area (Å²) in [6.45, 7) is 1.38. The van der Waals surface area contributed by atoms with Crippen LogP contribution >= 0.6 is 0 Å². The van der Waals surface area contributed by atoms with Crippen LogP contribution in [-0.4, -0.2) is 29.9 Å². The lowest BCUT2D eigenvalue weighted by Crippen LogP contribution is -2.51. The van der Waals surface area contributed by atoms with Gasteiger partial charge in [-0.25, -0.2) is 0 Å². The summed E-state index contributed by atoms with van der Waals surface area (Å²) in [5, 5.41) is 22.5. The average molecular weight is 275 g/mol. The standard InChI is InChI=1S/C15H19NO4/c17-14(18)12(15(19)20)13(11-7-3-1-4-8-11)16-9-5-2-6-10-16/h1,3-4,7-8,12-13H,2,5-6,9-10H2,(H,17,18)(H,19,20)/p-2. The van der Waals surface area contributed by atoms with Crippen molar-refractivity contribution in [2.45, 2.75) is 25.3 Å². The van der Waals surface area contributed by atoms with Gasteiger partial charge in [0, 0.05) is 6.04 Å². The molecule has 108 valence electrons. The molecule has 5 heteroatoms. The van der Waals surface area contributed by atoms with Gasteiger partial charge in [0.1, 0.15) is 0 Å². The Hall–Kier alpha value is -1.88. The highest BCUT2D eigenvalue weighted by molar-refractivity contribution is 5.91. The van der Waals surface area contributed by atoms with E-state index in [1.165, 1.54) is 0 Å². The molecule has 1 aromatic rings. The maximum absolute atomic E-state index is 11.2. The molecule has 0 radical (unpaired) electrons. The Bertz CT molecular complexity index is 454. The third-order valence-corrected chi connectivity index (χ3v) is 3.75. The topological polar surface area (TPSA) is 83.5 Å². The van der Waals surface area contributed by atoms with Gasteiger partial charge < -0.3 is 19.8 Å². The first-order valence-electron chi connectivity index (χ1n) is 6.82. The van der Waals surface area contributed by atoms with Crippen LogP contribution < -0.4 is 10.2 Å². The second kappa shape index (κ2) is 6.52. The summed E-state index contributed by atoms with van der Waals surface area (Å²) >= 11 is 0. The Morgan fingerprint density at radius 2 is 1.50 bits per heavy atom. The van der Waals surface area contributed by atoms with Gasteiger partial charge in [0.05, 0.1) is 17.9 Å². The van der Waals surface area contributed by atoms with Crippen molar-refractivity contribution < 1.29 is 19.8 Å². The first-order chi connectivity index (χ1) is 9.61. The first-order valence-corrected chi connectivity index (χ1v) is 6.82. The average Bonchev–Trinajstić information content (AvgIpc) is 2.45. The van der Waals surface area contributed by atoms with E-state index in [0.29, 0.717) is 18.7 Å². The normalized spacial score (nSPS) is 17.9. The van der Waals surface area contributed by atoms with Crippen LogP contribution in [0.3, 0.4) is 0 Å². The summed E-state index contributed by atoms with van der Waals surface area (Å²) in [5.41, 5.74) is 0.674. The van der Waals surface area contributed by atoms with Crippen molar-refractivity contribution in [3.8, 4) is 0 Å². The number of rotatable bonds is 5. The molecule has 5 nitrogen and oxygen atoms in total. The van der Waals surface area contributed by atoms with Gasteiger partial charge in [-0.2, -0.15) is 0 Å². The minimum Gasteiger partial charge on any atom is -0.549 e. The summed E-state index contributed by atoms with van der Waals surface area (Å²) in [6, 6.07) is 8.12. The monoisotopic (exact) mass is 275 g/mol. The molecule has 1 saturated heterocycles. The predicted octanol–water partition coefficient (Wildman–Crippen LogP) is -0.670. The Labute approximate surface area is 117 Å². The lowest BCUT2D eigenvalue weighted by molar-refractivity contribution is -0.334. The number of carbonyl (C=O) groups is 2. The Morgan fingerprint density at radius 3 is 2.00 bits per heavy atom. The smallest absolute Gasteiger partial charge is 0.0579 e. The number of benzene rings is 1. The zero-order valence-electron chi connectivity index (χ0n) is 11.2. The summed E-state index contributed by atoms with van der Waals surface area (Å²) in [6.07, 6.45) is 2.96. The van der Waals surface area contributed by atoms with Crippen molar-refractivity contribution in [2.75, 3.05) is 13.1 Å². The summed E-state index contributed by atoms with van der Waals surface area (Å²) in [5.74, 6) is -4.84. The molecule has 1 aliphatic rings. The molecule has 1 heterocycles. The van der Waals surface area contributed by atoms with E-state index in [0.717, 1.165) is 19.3 Å². The fraction of sp³-hybridized carbons (Fsp3) is 0.467. The molecule has 1 fully saturated rings. The second-order valence-electron chi connectivity index (χ2n) is 5.07. The number of piperidine rings is 1. The van der Waals surface area contributed by atoms with Gasteiger partial charge >= 0.3 is 0 Å². The van der Waals surface area contributed by atoms with E-state index in [4.69, 9.17) is 0 Å². The zero-order valence-corrected chi connectivity index (χ0v) is 11.2. The van der Waals surface area contributed by atoms with E-state index >= 15 is 0 Å². The largest absolute Gasteiger partial charge is 0.549 e. The van der Waals surface area contributed by atoms with Crippen LogP contribution in [0, 0.1) is 5.92 Å². The number of nitrogens with zero attached hydrogens (tertiary/aromatic N) is 1. The van der Waals surface area contributed by atoms with Crippen LogP contribution in [0.25, 0.3) is 0 Å². The number of aliphatic carboxylic acids is 2. The Kier molecular flexibility index (Phi) is 4.74. The summed E-state index contributed by atoms with van der Waals surface area (Å²) < 4.78 is 0. The number of carboxylic acids is 2. The van der Waals surface area contributed by atoms with Gasteiger partial charge in [-0.1, -0.05) is 36.8 Å². The highest BCUT2D eigenvalue weighted by atomic mass is 16.4. The molecule has 0 aliphatic carbocycles. The molecule has 0 amide bonds. The second-order valence-corrected chi connectivity index (χ2v) is 5.07. The fourth-order valence-electron chi connectivity index (χ4n) is 2.81. The molecule has 1 atom stereocenters. The SMILES string of the molecule is O=C([O-])C(C(=O)[O-])C(c1ccccc1)N1CCCCC1. The van der Waals surface area contributed by atoms with Crippen LogP contribution in [0.1, 0.15) is 30.9 Å². The van der Waals surface area contributed by atoms with Crippen LogP contribution in [0.2, 0.25) is 0 Å². The van der Waals surface area contributed by atoms with Crippen molar-refractivity contribution in [1.29, 1.82) is 0 Å². The van der Waals surface area contributed by atoms with Gasteiger partial charge in [0.15, 0.2) is 0 Å². The molecule has 0 spiro atoms. The molecular weight excluding hydrogens is 258 g/mol. The maximum Gasteiger partial charge on any atom is 0.0579 e. The van der Waals surface area contributed by atoms with Crippen LogP contribution in [0.4, 0.5) is 0 Å². The van der Waals surface area contributed by atoms with Crippen LogP contribution in [-0.2, 0) is 9.59 Å². The predicted molar refractivity (Wildman–Crippen MR) is 68.1 cm³/mol. The first kappa shape index (κ1) is 14.5. The number of hydrogen-bond acceptors (Lipinski definition) is 5. The molecular formula is C15H17NO4-2. The third kappa shape index (κ3) is 3.17. The zero-order chi connectivity index (χ0) is 14.5. The van der Waals surface area contributed by atoms with Crippen molar-refractivity contribution in [2.24, 2.45) is 5.92 Å². The van der Waals surface area contributed by atoms with Crippen molar-refractivity contribution in [1.82, 2.24) is 4.90 Å². The van der Waals surface area contributed by atoms with Crippen molar-refractivity contribution in [3.05, 3.63) is 35.9 Å². The van der Waals surface area contributed by atoms with Crippen LogP contribution in [0.5, 0.6) is 0 Å². The lowest BCUT2D eigenvalue weighted by atomic mass is 9.90. The third-order valence-electron chi connectivity index (χ3n) is 3.75. The quantitative estimate of drug-likeness (QED) is 0.665. The van der Waals surface area contributed by atoms with Gasteiger partial charge in [-0.15, -0.1) is 0 Å². The Morgan fingerprint density at radius 1 is 0.950 bits per heavy atom.